The largest absolute Gasteiger partial charge is 0.372 e. The van der Waals surface area contributed by atoms with Crippen molar-refractivity contribution in [2.75, 3.05) is 13.2 Å². The third kappa shape index (κ3) is 2.25. The Kier molecular flexibility index (Phi) is 3.24. The van der Waals surface area contributed by atoms with E-state index in [2.05, 4.69) is 44.2 Å². The summed E-state index contributed by atoms with van der Waals surface area (Å²) in [5.41, 5.74) is 7.50. The maximum atomic E-state index is 13.1. The Labute approximate surface area is 136 Å². The number of benzene rings is 2. The van der Waals surface area contributed by atoms with E-state index in [4.69, 9.17) is 4.74 Å². The number of hydrogen-bond acceptors (Lipinski definition) is 1. The predicted octanol–water partition coefficient (Wildman–Crippen LogP) is 4.98. The fraction of sp³-hybridized carbons (Fsp3) is 0.238. The molecule has 2 aromatic rings. The molecule has 0 unspecified atom stereocenters. The van der Waals surface area contributed by atoms with E-state index in [-0.39, 0.29) is 11.2 Å². The third-order valence-electron chi connectivity index (χ3n) is 4.89. The van der Waals surface area contributed by atoms with Crippen LogP contribution in [0.15, 0.2) is 59.7 Å². The van der Waals surface area contributed by atoms with Crippen LogP contribution >= 0.6 is 0 Å². The summed E-state index contributed by atoms with van der Waals surface area (Å²) in [6, 6.07) is 15.2. The Balaban J connectivity index is 1.85. The Morgan fingerprint density at radius 3 is 2.52 bits per heavy atom. The molecule has 116 valence electrons. The van der Waals surface area contributed by atoms with Crippen LogP contribution in [0.2, 0.25) is 0 Å². The molecule has 0 spiro atoms. The van der Waals surface area contributed by atoms with Gasteiger partial charge in [0.1, 0.15) is 5.82 Å². The van der Waals surface area contributed by atoms with Crippen LogP contribution in [-0.2, 0) is 10.2 Å². The third-order valence-corrected chi connectivity index (χ3v) is 4.89. The van der Waals surface area contributed by atoms with Crippen LogP contribution in [0, 0.1) is 5.82 Å². The zero-order valence-electron chi connectivity index (χ0n) is 13.4. The Hall–Kier alpha value is -2.19. The fourth-order valence-electron chi connectivity index (χ4n) is 3.89. The van der Waals surface area contributed by atoms with Gasteiger partial charge in [0.25, 0.3) is 0 Å². The molecular formula is C21H19FO. The monoisotopic (exact) mass is 306 g/mol. The minimum Gasteiger partial charge on any atom is -0.372 e. The average Bonchev–Trinajstić information content (AvgIpc) is 2.79. The normalized spacial score (nSPS) is 20.6. The van der Waals surface area contributed by atoms with Gasteiger partial charge in [0.2, 0.25) is 0 Å². The highest BCUT2D eigenvalue weighted by Crippen LogP contribution is 2.50. The molecule has 1 aliphatic heterocycles. The second-order valence-electron chi connectivity index (χ2n) is 6.74. The number of fused-ring (bicyclic) bond motifs is 2. The zero-order valence-corrected chi connectivity index (χ0v) is 13.4. The van der Waals surface area contributed by atoms with Crippen molar-refractivity contribution in [2.45, 2.75) is 19.3 Å². The van der Waals surface area contributed by atoms with Gasteiger partial charge in [-0.25, -0.2) is 4.39 Å². The van der Waals surface area contributed by atoms with Crippen molar-refractivity contribution in [1.82, 2.24) is 0 Å². The van der Waals surface area contributed by atoms with Gasteiger partial charge in [-0.05, 0) is 51.6 Å². The molecule has 1 aliphatic carbocycles. The van der Waals surface area contributed by atoms with E-state index < -0.39 is 0 Å². The number of ether oxygens (including phenoxy) is 1. The van der Waals surface area contributed by atoms with E-state index in [9.17, 15) is 4.39 Å². The molecule has 0 atom stereocenters. The van der Waals surface area contributed by atoms with Crippen LogP contribution in [0.25, 0.3) is 11.6 Å². The maximum Gasteiger partial charge on any atom is 0.123 e. The highest BCUT2D eigenvalue weighted by molar-refractivity contribution is 5.86. The number of rotatable bonds is 1. The van der Waals surface area contributed by atoms with Crippen molar-refractivity contribution in [3.8, 4) is 0 Å². The lowest BCUT2D eigenvalue weighted by molar-refractivity contribution is 0.186. The number of hydrogen-bond donors (Lipinski definition) is 0. The van der Waals surface area contributed by atoms with Crippen molar-refractivity contribution in [2.24, 2.45) is 0 Å². The molecular weight excluding hydrogens is 287 g/mol. The van der Waals surface area contributed by atoms with E-state index >= 15 is 0 Å². The Morgan fingerprint density at radius 2 is 1.74 bits per heavy atom. The maximum absolute atomic E-state index is 13.1. The summed E-state index contributed by atoms with van der Waals surface area (Å²) in [7, 11) is 0. The summed E-state index contributed by atoms with van der Waals surface area (Å²) in [6.07, 6.45) is 2.13. The van der Waals surface area contributed by atoms with Crippen molar-refractivity contribution in [3.05, 3.63) is 82.2 Å². The average molecular weight is 306 g/mol. The topological polar surface area (TPSA) is 9.23 Å². The standard InChI is InChI=1S/C21H19FO/c1-21(2)19-6-4-3-5-17(19)18-13-23-12-15(20(18)21)11-14-7-9-16(22)10-8-14/h3-11H,12-13H2,1-2H3/b15-11+. The van der Waals surface area contributed by atoms with E-state index in [1.165, 1.54) is 40.0 Å². The van der Waals surface area contributed by atoms with Crippen LogP contribution in [-0.4, -0.2) is 13.2 Å². The molecule has 0 aromatic heterocycles. The first-order valence-corrected chi connectivity index (χ1v) is 7.95. The Morgan fingerprint density at radius 1 is 1.00 bits per heavy atom. The molecule has 0 saturated carbocycles. The van der Waals surface area contributed by atoms with Gasteiger partial charge in [0.05, 0.1) is 13.2 Å². The molecule has 0 bridgehead atoms. The lowest BCUT2D eigenvalue weighted by Gasteiger charge is -2.29. The smallest absolute Gasteiger partial charge is 0.123 e. The summed E-state index contributed by atoms with van der Waals surface area (Å²) in [5, 5.41) is 0. The molecule has 23 heavy (non-hydrogen) atoms. The quantitative estimate of drug-likeness (QED) is 0.721. The van der Waals surface area contributed by atoms with E-state index in [1.807, 2.05) is 12.1 Å². The molecule has 1 heterocycles. The van der Waals surface area contributed by atoms with Gasteiger partial charge in [-0.3, -0.25) is 0 Å². The van der Waals surface area contributed by atoms with Crippen LogP contribution in [0.4, 0.5) is 4.39 Å². The lowest BCUT2D eigenvalue weighted by Crippen LogP contribution is -2.22. The molecule has 2 heteroatoms. The van der Waals surface area contributed by atoms with Crippen LogP contribution in [0.5, 0.6) is 0 Å². The molecule has 1 nitrogen and oxygen atoms in total. The highest BCUT2D eigenvalue weighted by Gasteiger charge is 2.40. The van der Waals surface area contributed by atoms with Crippen LogP contribution < -0.4 is 0 Å². The van der Waals surface area contributed by atoms with Gasteiger partial charge in [0.15, 0.2) is 0 Å². The van der Waals surface area contributed by atoms with Gasteiger partial charge >= 0.3 is 0 Å². The van der Waals surface area contributed by atoms with Crippen molar-refractivity contribution < 1.29 is 9.13 Å². The van der Waals surface area contributed by atoms with E-state index in [1.54, 1.807) is 0 Å². The predicted molar refractivity (Wildman–Crippen MR) is 91.6 cm³/mol. The van der Waals surface area contributed by atoms with Gasteiger partial charge in [-0.2, -0.15) is 0 Å². The summed E-state index contributed by atoms with van der Waals surface area (Å²) >= 11 is 0. The van der Waals surface area contributed by atoms with Crippen molar-refractivity contribution in [1.29, 1.82) is 0 Å². The molecule has 0 N–H and O–H groups in total. The van der Waals surface area contributed by atoms with Crippen molar-refractivity contribution >= 4 is 11.6 Å². The first kappa shape index (κ1) is 14.4. The van der Waals surface area contributed by atoms with Gasteiger partial charge in [-0.15, -0.1) is 0 Å². The first-order valence-electron chi connectivity index (χ1n) is 7.95. The zero-order chi connectivity index (χ0) is 16.0. The van der Waals surface area contributed by atoms with Gasteiger partial charge in [-0.1, -0.05) is 50.2 Å². The molecule has 0 amide bonds. The fourth-order valence-corrected chi connectivity index (χ4v) is 3.89. The van der Waals surface area contributed by atoms with E-state index in [0.717, 1.165) is 5.56 Å². The number of halogens is 1. The second kappa shape index (κ2) is 5.17. The molecule has 0 radical (unpaired) electrons. The molecule has 0 fully saturated rings. The lowest BCUT2D eigenvalue weighted by atomic mass is 9.77. The van der Waals surface area contributed by atoms with Crippen LogP contribution in [0.3, 0.4) is 0 Å². The molecule has 2 aliphatic rings. The summed E-state index contributed by atoms with van der Waals surface area (Å²) in [4.78, 5) is 0. The summed E-state index contributed by atoms with van der Waals surface area (Å²) in [5.74, 6) is -0.208. The van der Waals surface area contributed by atoms with Gasteiger partial charge < -0.3 is 4.74 Å². The van der Waals surface area contributed by atoms with Gasteiger partial charge in [0, 0.05) is 5.41 Å². The summed E-state index contributed by atoms with van der Waals surface area (Å²) < 4.78 is 19.0. The molecule has 4 rings (SSSR count). The molecule has 0 saturated heterocycles. The molecule has 2 aromatic carbocycles. The minimum atomic E-state index is -0.208. The second-order valence-corrected chi connectivity index (χ2v) is 6.74. The summed E-state index contributed by atoms with van der Waals surface area (Å²) in [6.45, 7) is 5.82. The first-order chi connectivity index (χ1) is 11.1. The SMILES string of the molecule is CC1(C)C2=C(COC/C2=C\c2ccc(F)cc2)c2ccccc21. The van der Waals surface area contributed by atoms with Crippen molar-refractivity contribution in [3.63, 3.8) is 0 Å². The Bertz CT molecular complexity index is 825. The minimum absolute atomic E-state index is 0.0262. The van der Waals surface area contributed by atoms with Crippen LogP contribution in [0.1, 0.15) is 30.5 Å². The van der Waals surface area contributed by atoms with E-state index in [0.29, 0.717) is 13.2 Å². The highest BCUT2D eigenvalue weighted by atomic mass is 19.1.